The Bertz CT molecular complexity index is 1260. The van der Waals surface area contributed by atoms with E-state index in [1.165, 1.54) is 83.5 Å². The van der Waals surface area contributed by atoms with Crippen molar-refractivity contribution in [2.45, 2.75) is 226 Å². The van der Waals surface area contributed by atoms with Crippen molar-refractivity contribution in [1.82, 2.24) is 0 Å². The first kappa shape index (κ1) is 58.3. The summed E-state index contributed by atoms with van der Waals surface area (Å²) in [6.07, 6.45) is 65.6. The third-order valence-electron chi connectivity index (χ3n) is 10.4. The predicted octanol–water partition coefficient (Wildman–Crippen LogP) is 16.6. The van der Waals surface area contributed by atoms with Crippen LogP contribution >= 0.6 is 0 Å². The van der Waals surface area contributed by atoms with Gasteiger partial charge in [-0.25, -0.2) is 0 Å². The number of allylic oxidation sites excluding steroid dienone is 15. The second kappa shape index (κ2) is 50.0. The minimum Gasteiger partial charge on any atom is -0.462 e. The second-order valence-electron chi connectivity index (χ2n) is 16.3. The van der Waals surface area contributed by atoms with Crippen molar-refractivity contribution in [1.29, 1.82) is 0 Å². The number of carbonyl (C=O) groups excluding carboxylic acids is 3. The first-order valence-electron chi connectivity index (χ1n) is 25.2. The van der Waals surface area contributed by atoms with Gasteiger partial charge in [0.25, 0.3) is 0 Å². The zero-order valence-electron chi connectivity index (χ0n) is 40.1. The van der Waals surface area contributed by atoms with Crippen LogP contribution in [0.5, 0.6) is 0 Å². The molecule has 6 heteroatoms. The van der Waals surface area contributed by atoms with Gasteiger partial charge in [0.15, 0.2) is 6.10 Å². The van der Waals surface area contributed by atoms with Gasteiger partial charge in [0.1, 0.15) is 13.2 Å². The fourth-order valence-corrected chi connectivity index (χ4v) is 6.65. The van der Waals surface area contributed by atoms with E-state index < -0.39 is 12.1 Å². The number of hydrogen-bond donors (Lipinski definition) is 0. The summed E-state index contributed by atoms with van der Waals surface area (Å²) in [6, 6.07) is 0. The van der Waals surface area contributed by atoms with Gasteiger partial charge in [0.05, 0.1) is 6.42 Å². The van der Waals surface area contributed by atoms with Crippen LogP contribution in [0, 0.1) is 0 Å². The number of esters is 3. The highest BCUT2D eigenvalue weighted by atomic mass is 16.6. The average molecular weight is 861 g/mol. The third kappa shape index (κ3) is 47.4. The largest absolute Gasteiger partial charge is 0.462 e. The van der Waals surface area contributed by atoms with E-state index >= 15 is 0 Å². The molecule has 352 valence electrons. The number of ether oxygens (including phenoxy) is 3. The summed E-state index contributed by atoms with van der Waals surface area (Å²) in [7, 11) is 0. The molecule has 62 heavy (non-hydrogen) atoms. The molecule has 0 aromatic rings. The van der Waals surface area contributed by atoms with Crippen LogP contribution in [0.15, 0.2) is 97.2 Å². The molecule has 0 saturated carbocycles. The monoisotopic (exact) mass is 861 g/mol. The molecule has 0 fully saturated rings. The Morgan fingerprint density at radius 3 is 1.06 bits per heavy atom. The van der Waals surface area contributed by atoms with E-state index in [4.69, 9.17) is 14.2 Å². The number of hydrogen-bond acceptors (Lipinski definition) is 6. The van der Waals surface area contributed by atoms with Crippen molar-refractivity contribution in [3.05, 3.63) is 97.2 Å². The van der Waals surface area contributed by atoms with Gasteiger partial charge in [0.2, 0.25) is 0 Å². The summed E-state index contributed by atoms with van der Waals surface area (Å²) < 4.78 is 16.7. The van der Waals surface area contributed by atoms with E-state index in [9.17, 15) is 14.4 Å². The van der Waals surface area contributed by atoms with Crippen molar-refractivity contribution in [3.63, 3.8) is 0 Å². The molecule has 0 aromatic carbocycles. The topological polar surface area (TPSA) is 78.9 Å². The van der Waals surface area contributed by atoms with Gasteiger partial charge in [-0.3, -0.25) is 14.4 Å². The quantitative estimate of drug-likeness (QED) is 0.0263. The van der Waals surface area contributed by atoms with Crippen LogP contribution < -0.4 is 0 Å². The maximum Gasteiger partial charge on any atom is 0.310 e. The van der Waals surface area contributed by atoms with Crippen molar-refractivity contribution < 1.29 is 28.6 Å². The molecular weight excluding hydrogens is 769 g/mol. The summed E-state index contributed by atoms with van der Waals surface area (Å²) in [6.45, 7) is 6.31. The molecule has 0 aliphatic carbocycles. The maximum atomic E-state index is 12.7. The fraction of sp³-hybridized carbons (Fsp3) is 0.661. The van der Waals surface area contributed by atoms with Gasteiger partial charge >= 0.3 is 17.9 Å². The second-order valence-corrected chi connectivity index (χ2v) is 16.3. The van der Waals surface area contributed by atoms with Gasteiger partial charge in [0, 0.05) is 12.8 Å². The lowest BCUT2D eigenvalue weighted by Crippen LogP contribution is -2.30. The van der Waals surface area contributed by atoms with Crippen LogP contribution in [0.1, 0.15) is 220 Å². The van der Waals surface area contributed by atoms with Gasteiger partial charge in [-0.2, -0.15) is 0 Å². The molecule has 0 aliphatic rings. The van der Waals surface area contributed by atoms with Crippen LogP contribution in [0.3, 0.4) is 0 Å². The average Bonchev–Trinajstić information content (AvgIpc) is 3.27. The molecule has 0 aliphatic heterocycles. The van der Waals surface area contributed by atoms with E-state index in [2.05, 4.69) is 106 Å². The SMILES string of the molecule is CC/C=C\C/C=C\C/C=C\C/C=C\C/C=C\CC(=O)OC(COC(=O)CCCCCCCCC/C=C\C/C=C\C/C=C\CC)COC(=O)CCCCCCCCCCCCCC. The van der Waals surface area contributed by atoms with Crippen molar-refractivity contribution >= 4 is 17.9 Å². The molecule has 0 rings (SSSR count). The zero-order chi connectivity index (χ0) is 45.1. The van der Waals surface area contributed by atoms with Gasteiger partial charge in [-0.15, -0.1) is 0 Å². The first-order chi connectivity index (χ1) is 30.5. The molecule has 0 spiro atoms. The normalized spacial score (nSPS) is 12.9. The zero-order valence-corrected chi connectivity index (χ0v) is 40.1. The third-order valence-corrected chi connectivity index (χ3v) is 10.4. The Kier molecular flexibility index (Phi) is 47.0. The molecule has 1 unspecified atom stereocenters. The highest BCUT2D eigenvalue weighted by Crippen LogP contribution is 2.14. The summed E-state index contributed by atoms with van der Waals surface area (Å²) in [5.41, 5.74) is 0. The Morgan fingerprint density at radius 2 is 0.677 bits per heavy atom. The fourth-order valence-electron chi connectivity index (χ4n) is 6.65. The summed E-state index contributed by atoms with van der Waals surface area (Å²) in [4.78, 5) is 37.9. The standard InChI is InChI=1S/C56H92O6/c1-4-7-10-13-16-19-22-25-27-28-30-31-34-37-40-43-46-49-55(58)61-52-53(51-60-54(57)48-45-42-39-36-33-24-21-18-15-12-9-6-3)62-56(59)50-47-44-41-38-35-32-29-26-23-20-17-14-11-8-5-2/h7-8,10-11,16-17,19-20,25-27,29,35,38,44,47,53H,4-6,9,12-15,18,21-24,28,30-34,36-37,39-43,45-46,48-52H2,1-3H3/b10-7-,11-8-,19-16-,20-17-,27-25-,29-26-,38-35-,47-44-. The lowest BCUT2D eigenvalue weighted by molar-refractivity contribution is -0.166. The maximum absolute atomic E-state index is 12.7. The molecular formula is C56H92O6. The van der Waals surface area contributed by atoms with Crippen LogP contribution in [0.2, 0.25) is 0 Å². The van der Waals surface area contributed by atoms with Crippen LogP contribution in [-0.4, -0.2) is 37.2 Å². The first-order valence-corrected chi connectivity index (χ1v) is 25.2. The molecule has 0 N–H and O–H groups in total. The lowest BCUT2D eigenvalue weighted by atomic mass is 10.0. The van der Waals surface area contributed by atoms with Crippen LogP contribution in [0.4, 0.5) is 0 Å². The molecule has 0 bridgehead atoms. The van der Waals surface area contributed by atoms with E-state index in [0.717, 1.165) is 96.3 Å². The Morgan fingerprint density at radius 1 is 0.355 bits per heavy atom. The summed E-state index contributed by atoms with van der Waals surface area (Å²) >= 11 is 0. The van der Waals surface area contributed by atoms with Gasteiger partial charge in [-0.1, -0.05) is 221 Å². The van der Waals surface area contributed by atoms with Crippen molar-refractivity contribution in [2.24, 2.45) is 0 Å². The number of unbranched alkanes of at least 4 members (excludes halogenated alkanes) is 18. The Labute approximate surface area is 381 Å². The number of rotatable bonds is 44. The number of carbonyl (C=O) groups is 3. The molecule has 0 amide bonds. The molecule has 0 heterocycles. The van der Waals surface area contributed by atoms with E-state index in [1.807, 2.05) is 6.08 Å². The lowest BCUT2D eigenvalue weighted by Gasteiger charge is -2.18. The van der Waals surface area contributed by atoms with E-state index in [-0.39, 0.29) is 31.6 Å². The highest BCUT2D eigenvalue weighted by Gasteiger charge is 2.19. The molecule has 0 saturated heterocycles. The smallest absolute Gasteiger partial charge is 0.310 e. The molecule has 6 nitrogen and oxygen atoms in total. The molecule has 0 radical (unpaired) electrons. The van der Waals surface area contributed by atoms with Gasteiger partial charge in [-0.05, 0) is 77.0 Å². The minimum atomic E-state index is -0.834. The Hall–Kier alpha value is -3.67. The van der Waals surface area contributed by atoms with E-state index in [1.54, 1.807) is 6.08 Å². The van der Waals surface area contributed by atoms with Crippen molar-refractivity contribution in [2.75, 3.05) is 13.2 Å². The summed E-state index contributed by atoms with van der Waals surface area (Å²) in [5, 5.41) is 0. The minimum absolute atomic E-state index is 0.0937. The molecule has 0 aromatic heterocycles. The Balaban J connectivity index is 4.51. The predicted molar refractivity (Wildman–Crippen MR) is 265 cm³/mol. The van der Waals surface area contributed by atoms with Gasteiger partial charge < -0.3 is 14.2 Å². The van der Waals surface area contributed by atoms with Crippen molar-refractivity contribution in [3.8, 4) is 0 Å². The molecule has 1 atom stereocenters. The van der Waals surface area contributed by atoms with Crippen LogP contribution in [-0.2, 0) is 28.6 Å². The van der Waals surface area contributed by atoms with Crippen LogP contribution in [0.25, 0.3) is 0 Å². The highest BCUT2D eigenvalue weighted by molar-refractivity contribution is 5.72. The summed E-state index contributed by atoms with van der Waals surface area (Å²) in [5.74, 6) is -1.06. The van der Waals surface area contributed by atoms with E-state index in [0.29, 0.717) is 12.8 Å².